The normalized spacial score (nSPS) is 18.3. The Hall–Kier alpha value is -2.29. The summed E-state index contributed by atoms with van der Waals surface area (Å²) in [4.78, 5) is 4.43. The number of hydrogen-bond acceptors (Lipinski definition) is 1. The van der Waals surface area contributed by atoms with Crippen LogP contribution < -0.4 is 11.1 Å². The molecule has 22 heavy (non-hydrogen) atoms. The number of nitrogens with two attached hydrogens (primary N) is 1. The number of guanidine groups is 1. The van der Waals surface area contributed by atoms with Crippen molar-refractivity contribution < 1.29 is 0 Å². The van der Waals surface area contributed by atoms with Crippen LogP contribution >= 0.6 is 0 Å². The molecule has 2 aliphatic rings. The van der Waals surface area contributed by atoms with E-state index in [1.807, 2.05) is 12.1 Å². The Kier molecular flexibility index (Phi) is 3.34. The molecule has 0 bridgehead atoms. The molecule has 0 amide bonds. The van der Waals surface area contributed by atoms with E-state index in [1.165, 1.54) is 36.8 Å². The molecule has 4 rings (SSSR count). The third-order valence-corrected chi connectivity index (χ3v) is 4.42. The topological polar surface area (TPSA) is 50.4 Å². The summed E-state index contributed by atoms with van der Waals surface area (Å²) in [6.07, 6.45) is 5.30. The van der Waals surface area contributed by atoms with Gasteiger partial charge in [0, 0.05) is 5.69 Å². The van der Waals surface area contributed by atoms with Crippen LogP contribution in [0.15, 0.2) is 53.5 Å². The minimum Gasteiger partial charge on any atom is -0.369 e. The molecule has 0 spiro atoms. The van der Waals surface area contributed by atoms with Crippen molar-refractivity contribution in [3.8, 4) is 0 Å². The van der Waals surface area contributed by atoms with E-state index in [1.54, 1.807) is 0 Å². The number of benzene rings is 2. The van der Waals surface area contributed by atoms with Crippen molar-refractivity contribution in [3.63, 3.8) is 0 Å². The standard InChI is InChI=1S/C19H21N3/c20-19(21-17-9-5-15(6-10-17)13-1-2-13)22-18-11-7-16(8-12-18)14-3-4-14/h5-14H,1-4H2,(H3,20,21,22). The molecule has 0 unspecified atom stereocenters. The zero-order valence-corrected chi connectivity index (χ0v) is 12.6. The third-order valence-electron chi connectivity index (χ3n) is 4.42. The number of aliphatic imine (C=N–C) groups is 1. The van der Waals surface area contributed by atoms with Crippen molar-refractivity contribution in [2.45, 2.75) is 37.5 Å². The van der Waals surface area contributed by atoms with Gasteiger partial charge in [-0.15, -0.1) is 0 Å². The first kappa shape index (κ1) is 13.4. The first-order chi connectivity index (χ1) is 10.8. The van der Waals surface area contributed by atoms with Gasteiger partial charge in [-0.25, -0.2) is 4.99 Å². The lowest BCUT2D eigenvalue weighted by Gasteiger charge is -2.07. The van der Waals surface area contributed by atoms with Crippen molar-refractivity contribution in [1.82, 2.24) is 0 Å². The number of nitrogens with one attached hydrogen (secondary N) is 1. The fraction of sp³-hybridized carbons (Fsp3) is 0.316. The summed E-state index contributed by atoms with van der Waals surface area (Å²) in [7, 11) is 0. The smallest absolute Gasteiger partial charge is 0.198 e. The fourth-order valence-corrected chi connectivity index (χ4v) is 2.81. The molecule has 2 aromatic rings. The molecule has 2 aliphatic carbocycles. The highest BCUT2D eigenvalue weighted by atomic mass is 15.1. The summed E-state index contributed by atoms with van der Waals surface area (Å²) >= 11 is 0. The highest BCUT2D eigenvalue weighted by Gasteiger charge is 2.23. The van der Waals surface area contributed by atoms with Gasteiger partial charge in [-0.3, -0.25) is 0 Å². The van der Waals surface area contributed by atoms with E-state index in [-0.39, 0.29) is 0 Å². The van der Waals surface area contributed by atoms with Crippen LogP contribution in [0.3, 0.4) is 0 Å². The van der Waals surface area contributed by atoms with Gasteiger partial charge in [0.25, 0.3) is 0 Å². The Morgan fingerprint density at radius 1 is 0.818 bits per heavy atom. The maximum absolute atomic E-state index is 6.00. The number of rotatable bonds is 4. The second-order valence-corrected chi connectivity index (χ2v) is 6.38. The van der Waals surface area contributed by atoms with Crippen molar-refractivity contribution in [1.29, 1.82) is 0 Å². The monoisotopic (exact) mass is 291 g/mol. The lowest BCUT2D eigenvalue weighted by molar-refractivity contribution is 1.13. The second-order valence-electron chi connectivity index (χ2n) is 6.38. The number of anilines is 1. The maximum atomic E-state index is 6.00. The molecular formula is C19H21N3. The predicted molar refractivity (Wildman–Crippen MR) is 91.7 cm³/mol. The van der Waals surface area contributed by atoms with Crippen molar-refractivity contribution >= 4 is 17.3 Å². The number of nitrogens with zero attached hydrogens (tertiary/aromatic N) is 1. The average Bonchev–Trinajstić information content (AvgIpc) is 3.40. The van der Waals surface area contributed by atoms with Crippen LogP contribution in [0.5, 0.6) is 0 Å². The molecule has 0 aliphatic heterocycles. The molecular weight excluding hydrogens is 270 g/mol. The van der Waals surface area contributed by atoms with Gasteiger partial charge in [-0.2, -0.15) is 0 Å². The van der Waals surface area contributed by atoms with Gasteiger partial charge in [0.15, 0.2) is 5.96 Å². The third kappa shape index (κ3) is 3.14. The van der Waals surface area contributed by atoms with E-state index < -0.39 is 0 Å². The SMILES string of the molecule is NC(=Nc1ccc(C2CC2)cc1)Nc1ccc(C2CC2)cc1. The summed E-state index contributed by atoms with van der Waals surface area (Å²) in [5.41, 5.74) is 10.7. The predicted octanol–water partition coefficient (Wildman–Crippen LogP) is 4.50. The van der Waals surface area contributed by atoms with Crippen LogP contribution in [-0.4, -0.2) is 5.96 Å². The molecule has 3 heteroatoms. The first-order valence-electron chi connectivity index (χ1n) is 8.09. The quantitative estimate of drug-likeness (QED) is 0.643. The molecule has 0 heterocycles. The molecule has 0 radical (unpaired) electrons. The van der Waals surface area contributed by atoms with Crippen LogP contribution in [-0.2, 0) is 0 Å². The van der Waals surface area contributed by atoms with Gasteiger partial charge in [-0.1, -0.05) is 24.3 Å². The molecule has 3 nitrogen and oxygen atoms in total. The zero-order valence-electron chi connectivity index (χ0n) is 12.6. The van der Waals surface area contributed by atoms with Crippen LogP contribution in [0.2, 0.25) is 0 Å². The summed E-state index contributed by atoms with van der Waals surface area (Å²) in [5.74, 6) is 1.99. The molecule has 112 valence electrons. The highest BCUT2D eigenvalue weighted by molar-refractivity contribution is 5.93. The molecule has 3 N–H and O–H groups in total. The average molecular weight is 291 g/mol. The van der Waals surface area contributed by atoms with E-state index in [0.29, 0.717) is 5.96 Å². The molecule has 2 saturated carbocycles. The van der Waals surface area contributed by atoms with Crippen LogP contribution in [0.25, 0.3) is 0 Å². The van der Waals surface area contributed by atoms with Gasteiger partial charge in [-0.05, 0) is 72.9 Å². The Labute approximate surface area is 131 Å². The molecule has 0 aromatic heterocycles. The summed E-state index contributed by atoms with van der Waals surface area (Å²) in [6, 6.07) is 16.9. The van der Waals surface area contributed by atoms with Gasteiger partial charge >= 0.3 is 0 Å². The fourth-order valence-electron chi connectivity index (χ4n) is 2.81. The second kappa shape index (κ2) is 5.48. The molecule has 2 fully saturated rings. The molecule has 0 saturated heterocycles. The van der Waals surface area contributed by atoms with Crippen molar-refractivity contribution in [2.24, 2.45) is 10.7 Å². The lowest BCUT2D eigenvalue weighted by Crippen LogP contribution is -2.21. The Morgan fingerprint density at radius 3 is 1.82 bits per heavy atom. The largest absolute Gasteiger partial charge is 0.369 e. The minimum atomic E-state index is 0.429. The van der Waals surface area contributed by atoms with Gasteiger partial charge in [0.1, 0.15) is 0 Å². The van der Waals surface area contributed by atoms with Gasteiger partial charge < -0.3 is 11.1 Å². The summed E-state index contributed by atoms with van der Waals surface area (Å²) < 4.78 is 0. The number of hydrogen-bond donors (Lipinski definition) is 2. The summed E-state index contributed by atoms with van der Waals surface area (Å²) in [6.45, 7) is 0. The van der Waals surface area contributed by atoms with E-state index >= 15 is 0 Å². The Balaban J connectivity index is 1.42. The Morgan fingerprint density at radius 2 is 1.32 bits per heavy atom. The minimum absolute atomic E-state index is 0.429. The van der Waals surface area contributed by atoms with E-state index in [0.717, 1.165) is 23.2 Å². The van der Waals surface area contributed by atoms with Gasteiger partial charge in [0.05, 0.1) is 5.69 Å². The van der Waals surface area contributed by atoms with E-state index in [4.69, 9.17) is 5.73 Å². The zero-order chi connectivity index (χ0) is 14.9. The highest BCUT2D eigenvalue weighted by Crippen LogP contribution is 2.41. The van der Waals surface area contributed by atoms with Crippen LogP contribution in [0.1, 0.15) is 48.6 Å². The molecule has 0 atom stereocenters. The Bertz CT molecular complexity index is 678. The van der Waals surface area contributed by atoms with Gasteiger partial charge in [0.2, 0.25) is 0 Å². The summed E-state index contributed by atoms with van der Waals surface area (Å²) in [5, 5.41) is 3.15. The van der Waals surface area contributed by atoms with E-state index in [9.17, 15) is 0 Å². The van der Waals surface area contributed by atoms with Crippen molar-refractivity contribution in [2.75, 3.05) is 5.32 Å². The maximum Gasteiger partial charge on any atom is 0.198 e. The van der Waals surface area contributed by atoms with Crippen molar-refractivity contribution in [3.05, 3.63) is 59.7 Å². The van der Waals surface area contributed by atoms with Crippen LogP contribution in [0, 0.1) is 0 Å². The van der Waals surface area contributed by atoms with E-state index in [2.05, 4.69) is 46.7 Å². The lowest BCUT2D eigenvalue weighted by atomic mass is 10.1. The first-order valence-corrected chi connectivity index (χ1v) is 8.09. The van der Waals surface area contributed by atoms with Crippen LogP contribution in [0.4, 0.5) is 11.4 Å². The molecule has 2 aromatic carbocycles.